The van der Waals surface area contributed by atoms with Gasteiger partial charge in [0.15, 0.2) is 9.84 Å². The normalized spacial score (nSPS) is 11.5. The smallest absolute Gasteiger partial charge is 0.179 e. The summed E-state index contributed by atoms with van der Waals surface area (Å²) < 4.78 is 35.3. The fourth-order valence-corrected chi connectivity index (χ4v) is 2.51. The third-order valence-electron chi connectivity index (χ3n) is 1.50. The van der Waals surface area contributed by atoms with E-state index < -0.39 is 15.7 Å². The molecule has 13 heavy (non-hydrogen) atoms. The molecule has 0 saturated carbocycles. The number of hydrogen-bond acceptors (Lipinski definition) is 2. The Hall–Kier alpha value is -0.610. The highest BCUT2D eigenvalue weighted by Gasteiger charge is 2.13. The predicted octanol–water partition coefficient (Wildman–Crippen LogP) is 1.84. The van der Waals surface area contributed by atoms with Crippen LogP contribution in [0, 0.1) is 5.82 Å². The van der Waals surface area contributed by atoms with Gasteiger partial charge in [0.2, 0.25) is 0 Å². The molecular formula is C8H8ClFO2S. The molecule has 0 saturated heterocycles. The van der Waals surface area contributed by atoms with E-state index in [1.807, 2.05) is 0 Å². The number of halogens is 2. The summed E-state index contributed by atoms with van der Waals surface area (Å²) in [5.41, 5.74) is 0. The van der Waals surface area contributed by atoms with Gasteiger partial charge in [-0.25, -0.2) is 12.8 Å². The fraction of sp³-hybridized carbons (Fsp3) is 0.250. The van der Waals surface area contributed by atoms with Crippen LogP contribution in [-0.2, 0) is 9.84 Å². The van der Waals surface area contributed by atoms with Crippen LogP contribution in [0.25, 0.3) is 0 Å². The first-order valence-corrected chi connectivity index (χ1v) is 5.79. The summed E-state index contributed by atoms with van der Waals surface area (Å²) in [6.45, 7) is 0. The van der Waals surface area contributed by atoms with Crippen molar-refractivity contribution in [3.05, 3.63) is 30.1 Å². The Labute approximate surface area is 81.3 Å². The molecule has 1 aromatic carbocycles. The molecule has 0 N–H and O–H groups in total. The molecule has 0 bridgehead atoms. The Kier molecular flexibility index (Phi) is 3.27. The zero-order valence-electron chi connectivity index (χ0n) is 6.70. The summed E-state index contributed by atoms with van der Waals surface area (Å²) in [5.74, 6) is -0.715. The Morgan fingerprint density at radius 1 is 1.38 bits per heavy atom. The zero-order chi connectivity index (χ0) is 9.90. The molecule has 0 aliphatic rings. The highest BCUT2D eigenvalue weighted by atomic mass is 35.5. The standard InChI is InChI=1S/C8H8ClFO2S/c9-4-5-13(11,12)8-3-1-2-7(10)6-8/h1-3,6H,4-5H2. The van der Waals surface area contributed by atoms with Crippen molar-refractivity contribution in [3.63, 3.8) is 0 Å². The molecule has 0 aliphatic carbocycles. The first-order chi connectivity index (χ1) is 6.06. The van der Waals surface area contributed by atoms with Crippen LogP contribution in [0.3, 0.4) is 0 Å². The van der Waals surface area contributed by atoms with Crippen molar-refractivity contribution < 1.29 is 12.8 Å². The molecule has 2 nitrogen and oxygen atoms in total. The first-order valence-electron chi connectivity index (χ1n) is 3.60. The summed E-state index contributed by atoms with van der Waals surface area (Å²) in [7, 11) is -3.40. The molecule has 1 aromatic rings. The molecule has 0 fully saturated rings. The minimum Gasteiger partial charge on any atom is -0.224 e. The summed E-state index contributed by atoms with van der Waals surface area (Å²) in [4.78, 5) is -0.0202. The number of benzene rings is 1. The van der Waals surface area contributed by atoms with Crippen LogP contribution in [0.1, 0.15) is 0 Å². The Balaban J connectivity index is 3.08. The molecule has 1 rings (SSSR count). The van der Waals surface area contributed by atoms with Gasteiger partial charge >= 0.3 is 0 Å². The molecule has 5 heteroatoms. The molecule has 0 aromatic heterocycles. The lowest BCUT2D eigenvalue weighted by Crippen LogP contribution is -2.07. The van der Waals surface area contributed by atoms with Gasteiger partial charge in [0, 0.05) is 5.88 Å². The van der Waals surface area contributed by atoms with E-state index >= 15 is 0 Å². The summed E-state index contributed by atoms with van der Waals surface area (Å²) in [6.07, 6.45) is 0. The molecule has 0 aliphatic heterocycles. The Morgan fingerprint density at radius 3 is 2.62 bits per heavy atom. The molecule has 0 heterocycles. The highest BCUT2D eigenvalue weighted by molar-refractivity contribution is 7.91. The second-order valence-corrected chi connectivity index (χ2v) is 4.95. The van der Waals surface area contributed by atoms with Crippen LogP contribution in [0.15, 0.2) is 29.2 Å². The lowest BCUT2D eigenvalue weighted by Gasteiger charge is -2.00. The van der Waals surface area contributed by atoms with Gasteiger partial charge in [-0.3, -0.25) is 0 Å². The number of alkyl halides is 1. The van der Waals surface area contributed by atoms with E-state index in [0.29, 0.717) is 0 Å². The quantitative estimate of drug-likeness (QED) is 0.732. The predicted molar refractivity (Wildman–Crippen MR) is 49.2 cm³/mol. The van der Waals surface area contributed by atoms with E-state index in [2.05, 4.69) is 0 Å². The van der Waals surface area contributed by atoms with Crippen molar-refractivity contribution in [1.82, 2.24) is 0 Å². The van der Waals surface area contributed by atoms with Crippen LogP contribution >= 0.6 is 11.6 Å². The average molecular weight is 223 g/mol. The van der Waals surface area contributed by atoms with Crippen molar-refractivity contribution in [2.45, 2.75) is 4.90 Å². The van der Waals surface area contributed by atoms with Crippen LogP contribution < -0.4 is 0 Å². The maximum Gasteiger partial charge on any atom is 0.179 e. The maximum atomic E-state index is 12.6. The van der Waals surface area contributed by atoms with E-state index in [-0.39, 0.29) is 16.5 Å². The van der Waals surface area contributed by atoms with Crippen molar-refractivity contribution in [2.24, 2.45) is 0 Å². The van der Waals surface area contributed by atoms with Gasteiger partial charge in [-0.15, -0.1) is 11.6 Å². The van der Waals surface area contributed by atoms with Crippen molar-refractivity contribution in [1.29, 1.82) is 0 Å². The third-order valence-corrected chi connectivity index (χ3v) is 3.63. The van der Waals surface area contributed by atoms with E-state index in [4.69, 9.17) is 11.6 Å². The van der Waals surface area contributed by atoms with Crippen LogP contribution in [0.2, 0.25) is 0 Å². The molecule has 0 amide bonds. The average Bonchev–Trinajstić information content (AvgIpc) is 2.04. The SMILES string of the molecule is O=S(=O)(CCCl)c1cccc(F)c1. The number of rotatable bonds is 3. The van der Waals surface area contributed by atoms with Crippen molar-refractivity contribution >= 4 is 21.4 Å². The van der Waals surface area contributed by atoms with E-state index in [0.717, 1.165) is 6.07 Å². The largest absolute Gasteiger partial charge is 0.224 e. The molecular weight excluding hydrogens is 215 g/mol. The Bertz CT molecular complexity index is 389. The second kappa shape index (κ2) is 4.07. The molecule has 0 spiro atoms. The van der Waals surface area contributed by atoms with Crippen LogP contribution in [0.5, 0.6) is 0 Å². The zero-order valence-corrected chi connectivity index (χ0v) is 8.28. The first kappa shape index (κ1) is 10.5. The monoisotopic (exact) mass is 222 g/mol. The summed E-state index contributed by atoms with van der Waals surface area (Å²) >= 11 is 5.30. The van der Waals surface area contributed by atoms with Crippen molar-refractivity contribution in [3.8, 4) is 0 Å². The molecule has 72 valence electrons. The third kappa shape index (κ3) is 2.67. The van der Waals surface area contributed by atoms with Gasteiger partial charge < -0.3 is 0 Å². The van der Waals surface area contributed by atoms with Gasteiger partial charge in [0.1, 0.15) is 5.82 Å². The summed E-state index contributed by atoms with van der Waals surface area (Å²) in [5, 5.41) is 0. The van der Waals surface area contributed by atoms with Gasteiger partial charge in [-0.2, -0.15) is 0 Å². The van der Waals surface area contributed by atoms with E-state index in [1.165, 1.54) is 18.2 Å². The van der Waals surface area contributed by atoms with Gasteiger partial charge in [-0.1, -0.05) is 6.07 Å². The number of hydrogen-bond donors (Lipinski definition) is 0. The van der Waals surface area contributed by atoms with Crippen molar-refractivity contribution in [2.75, 3.05) is 11.6 Å². The number of sulfone groups is 1. The van der Waals surface area contributed by atoms with Crippen LogP contribution in [0.4, 0.5) is 4.39 Å². The minimum absolute atomic E-state index is 0.0127. The topological polar surface area (TPSA) is 34.1 Å². The lowest BCUT2D eigenvalue weighted by atomic mass is 10.4. The Morgan fingerprint density at radius 2 is 2.08 bits per heavy atom. The molecule has 0 unspecified atom stereocenters. The fourth-order valence-electron chi connectivity index (χ4n) is 0.880. The van der Waals surface area contributed by atoms with Gasteiger partial charge in [-0.05, 0) is 18.2 Å². The van der Waals surface area contributed by atoms with E-state index in [1.54, 1.807) is 0 Å². The lowest BCUT2D eigenvalue weighted by molar-refractivity contribution is 0.592. The highest BCUT2D eigenvalue weighted by Crippen LogP contribution is 2.12. The second-order valence-electron chi connectivity index (χ2n) is 2.47. The molecule has 0 atom stereocenters. The van der Waals surface area contributed by atoms with Crippen LogP contribution in [-0.4, -0.2) is 20.1 Å². The van der Waals surface area contributed by atoms with Gasteiger partial charge in [0.25, 0.3) is 0 Å². The minimum atomic E-state index is -3.40. The van der Waals surface area contributed by atoms with Gasteiger partial charge in [0.05, 0.1) is 10.6 Å². The van der Waals surface area contributed by atoms with E-state index in [9.17, 15) is 12.8 Å². The summed E-state index contributed by atoms with van der Waals surface area (Å²) in [6, 6.07) is 4.89. The molecule has 0 radical (unpaired) electrons. The maximum absolute atomic E-state index is 12.6.